The Hall–Kier alpha value is -0.760. The molecule has 1 aromatic rings. The quantitative estimate of drug-likeness (QED) is 0.588. The van der Waals surface area contributed by atoms with Gasteiger partial charge < -0.3 is 4.74 Å². The Morgan fingerprint density at radius 2 is 1.79 bits per heavy atom. The first-order valence-corrected chi connectivity index (χ1v) is 5.72. The van der Waals surface area contributed by atoms with Crippen LogP contribution in [0.15, 0.2) is 24.5 Å². The lowest BCUT2D eigenvalue weighted by Crippen LogP contribution is -1.91. The number of alkyl halides is 1. The summed E-state index contributed by atoms with van der Waals surface area (Å²) < 4.78 is 5.55. The molecule has 14 heavy (non-hydrogen) atoms. The van der Waals surface area contributed by atoms with Gasteiger partial charge in [0, 0.05) is 5.33 Å². The highest BCUT2D eigenvalue weighted by atomic mass is 79.9. The van der Waals surface area contributed by atoms with E-state index in [0.29, 0.717) is 0 Å². The van der Waals surface area contributed by atoms with E-state index in [1.165, 1.54) is 16.7 Å². The topological polar surface area (TPSA) is 9.23 Å². The molecule has 0 radical (unpaired) electrons. The molecule has 0 aliphatic heterocycles. The molecule has 0 unspecified atom stereocenters. The van der Waals surface area contributed by atoms with Gasteiger partial charge in [0.2, 0.25) is 0 Å². The summed E-state index contributed by atoms with van der Waals surface area (Å²) >= 11 is 3.30. The summed E-state index contributed by atoms with van der Waals surface area (Å²) in [6.45, 7) is 6.23. The van der Waals surface area contributed by atoms with Crippen molar-refractivity contribution in [1.29, 1.82) is 0 Å². The Bertz CT molecular complexity index is 319. The summed E-state index contributed by atoms with van der Waals surface area (Å²) in [6, 6.07) is 4.26. The zero-order valence-corrected chi connectivity index (χ0v) is 10.4. The first-order valence-electron chi connectivity index (χ1n) is 4.60. The van der Waals surface area contributed by atoms with Crippen LogP contribution < -0.4 is 4.74 Å². The van der Waals surface area contributed by atoms with Crippen LogP contribution >= 0.6 is 15.9 Å². The third-order valence-corrected chi connectivity index (χ3v) is 2.35. The Labute approximate surface area is 93.9 Å². The Morgan fingerprint density at radius 3 is 2.29 bits per heavy atom. The lowest BCUT2D eigenvalue weighted by molar-refractivity contribution is 0.473. The average molecular weight is 255 g/mol. The predicted octanol–water partition coefficient (Wildman–Crippen LogP) is 3.90. The molecule has 0 fully saturated rings. The fourth-order valence-electron chi connectivity index (χ4n) is 1.51. The van der Waals surface area contributed by atoms with Gasteiger partial charge in [0.1, 0.15) is 5.75 Å². The van der Waals surface area contributed by atoms with Crippen molar-refractivity contribution in [3.05, 3.63) is 41.2 Å². The van der Waals surface area contributed by atoms with Crippen molar-refractivity contribution in [3.8, 4) is 5.75 Å². The number of hydrogen-bond acceptors (Lipinski definition) is 1. The van der Waals surface area contributed by atoms with E-state index in [2.05, 4.69) is 48.8 Å². The van der Waals surface area contributed by atoms with Crippen molar-refractivity contribution in [2.75, 3.05) is 5.33 Å². The summed E-state index contributed by atoms with van der Waals surface area (Å²) in [7, 11) is 0. The molecule has 0 saturated heterocycles. The highest BCUT2D eigenvalue weighted by Crippen LogP contribution is 2.24. The number of benzene rings is 1. The van der Waals surface area contributed by atoms with Crippen molar-refractivity contribution in [3.63, 3.8) is 0 Å². The van der Waals surface area contributed by atoms with E-state index in [0.717, 1.165) is 11.1 Å². The number of rotatable bonds is 3. The monoisotopic (exact) mass is 254 g/mol. The molecule has 1 nitrogen and oxygen atoms in total. The van der Waals surface area contributed by atoms with E-state index >= 15 is 0 Å². The molecule has 0 aromatic heterocycles. The van der Waals surface area contributed by atoms with Crippen LogP contribution in [0.5, 0.6) is 5.75 Å². The molecular weight excluding hydrogens is 240 g/mol. The zero-order chi connectivity index (χ0) is 10.6. The standard InChI is InChI=1S/C12H15BrO/c1-9-7-10(2)12(11(3)8-9)14-6-4-5-13/h4,6-8H,5H2,1-3H3. The average Bonchev–Trinajstić information content (AvgIpc) is 2.09. The molecule has 0 bridgehead atoms. The van der Waals surface area contributed by atoms with Crippen molar-refractivity contribution >= 4 is 15.9 Å². The first kappa shape index (κ1) is 11.3. The van der Waals surface area contributed by atoms with E-state index < -0.39 is 0 Å². The molecule has 0 atom stereocenters. The normalized spacial score (nSPS) is 10.9. The number of allylic oxidation sites excluding steroid dienone is 1. The number of hydrogen-bond donors (Lipinski definition) is 0. The van der Waals surface area contributed by atoms with Crippen LogP contribution in [-0.2, 0) is 0 Å². The van der Waals surface area contributed by atoms with Crippen molar-refractivity contribution < 1.29 is 4.74 Å². The number of halogens is 1. The fourth-order valence-corrected chi connectivity index (χ4v) is 1.66. The molecule has 2 heteroatoms. The smallest absolute Gasteiger partial charge is 0.132 e. The number of ether oxygens (including phenoxy) is 1. The third kappa shape index (κ3) is 2.88. The molecule has 0 N–H and O–H groups in total. The predicted molar refractivity (Wildman–Crippen MR) is 64.2 cm³/mol. The van der Waals surface area contributed by atoms with E-state index in [1.807, 2.05) is 6.08 Å². The second-order valence-corrected chi connectivity index (χ2v) is 4.02. The van der Waals surface area contributed by atoms with Gasteiger partial charge >= 0.3 is 0 Å². The summed E-state index contributed by atoms with van der Waals surface area (Å²) in [5.74, 6) is 0.966. The van der Waals surface area contributed by atoms with Crippen LogP contribution in [0.1, 0.15) is 16.7 Å². The van der Waals surface area contributed by atoms with Crippen LogP contribution in [-0.4, -0.2) is 5.33 Å². The largest absolute Gasteiger partial charge is 0.465 e. The van der Waals surface area contributed by atoms with Crippen molar-refractivity contribution in [1.82, 2.24) is 0 Å². The fraction of sp³-hybridized carbons (Fsp3) is 0.333. The van der Waals surface area contributed by atoms with Gasteiger partial charge in [0.15, 0.2) is 0 Å². The summed E-state index contributed by atoms with van der Waals surface area (Å²) in [5.41, 5.74) is 3.64. The van der Waals surface area contributed by atoms with E-state index in [1.54, 1.807) is 6.26 Å². The van der Waals surface area contributed by atoms with Crippen LogP contribution in [0.4, 0.5) is 0 Å². The second-order valence-electron chi connectivity index (χ2n) is 3.37. The molecule has 0 amide bonds. The molecule has 76 valence electrons. The minimum absolute atomic E-state index is 0.816. The Balaban J connectivity index is 2.91. The third-order valence-electron chi connectivity index (χ3n) is 1.98. The highest BCUT2D eigenvalue weighted by Gasteiger charge is 2.02. The molecule has 0 aliphatic carbocycles. The van der Waals surface area contributed by atoms with Gasteiger partial charge in [-0.15, -0.1) is 0 Å². The van der Waals surface area contributed by atoms with Gasteiger partial charge in [-0.05, 0) is 38.0 Å². The molecule has 0 heterocycles. The van der Waals surface area contributed by atoms with Crippen molar-refractivity contribution in [2.24, 2.45) is 0 Å². The van der Waals surface area contributed by atoms with Gasteiger partial charge in [-0.1, -0.05) is 33.6 Å². The van der Waals surface area contributed by atoms with Crippen LogP contribution in [0.25, 0.3) is 0 Å². The molecular formula is C12H15BrO. The van der Waals surface area contributed by atoms with Crippen LogP contribution in [0.3, 0.4) is 0 Å². The SMILES string of the molecule is Cc1cc(C)c(OC=CCBr)c(C)c1. The zero-order valence-electron chi connectivity index (χ0n) is 8.80. The molecule has 1 aromatic carbocycles. The summed E-state index contributed by atoms with van der Waals surface area (Å²) in [5, 5.41) is 0.816. The van der Waals surface area contributed by atoms with E-state index in [4.69, 9.17) is 4.74 Å². The molecule has 0 saturated carbocycles. The van der Waals surface area contributed by atoms with Gasteiger partial charge in [-0.3, -0.25) is 0 Å². The number of aryl methyl sites for hydroxylation is 3. The maximum atomic E-state index is 5.55. The maximum absolute atomic E-state index is 5.55. The maximum Gasteiger partial charge on any atom is 0.132 e. The minimum atomic E-state index is 0.816. The molecule has 0 aliphatic rings. The lowest BCUT2D eigenvalue weighted by Gasteiger charge is -2.09. The highest BCUT2D eigenvalue weighted by molar-refractivity contribution is 9.09. The van der Waals surface area contributed by atoms with Crippen molar-refractivity contribution in [2.45, 2.75) is 20.8 Å². The minimum Gasteiger partial charge on any atom is -0.465 e. The summed E-state index contributed by atoms with van der Waals surface area (Å²) in [4.78, 5) is 0. The van der Waals surface area contributed by atoms with Gasteiger partial charge in [0.05, 0.1) is 6.26 Å². The molecule has 1 rings (SSSR count). The second kappa shape index (κ2) is 5.20. The van der Waals surface area contributed by atoms with E-state index in [9.17, 15) is 0 Å². The molecule has 0 spiro atoms. The lowest BCUT2D eigenvalue weighted by atomic mass is 10.1. The van der Waals surface area contributed by atoms with Gasteiger partial charge in [-0.25, -0.2) is 0 Å². The Morgan fingerprint density at radius 1 is 1.21 bits per heavy atom. The Kier molecular flexibility index (Phi) is 4.21. The van der Waals surface area contributed by atoms with Crippen LogP contribution in [0.2, 0.25) is 0 Å². The van der Waals surface area contributed by atoms with Gasteiger partial charge in [0.25, 0.3) is 0 Å². The summed E-state index contributed by atoms with van der Waals surface area (Å²) in [6.07, 6.45) is 3.65. The van der Waals surface area contributed by atoms with Crippen LogP contribution in [0, 0.1) is 20.8 Å². The van der Waals surface area contributed by atoms with E-state index in [-0.39, 0.29) is 0 Å². The first-order chi connectivity index (χ1) is 6.65. The van der Waals surface area contributed by atoms with Gasteiger partial charge in [-0.2, -0.15) is 0 Å².